The van der Waals surface area contributed by atoms with E-state index in [-0.39, 0.29) is 5.91 Å². The molecular weight excluding hydrogens is 416 g/mol. The third kappa shape index (κ3) is 7.34. The second kappa shape index (κ2) is 12.0. The van der Waals surface area contributed by atoms with E-state index < -0.39 is 0 Å². The molecule has 0 unspecified atom stereocenters. The first-order valence-corrected chi connectivity index (χ1v) is 11.3. The fourth-order valence-corrected chi connectivity index (χ4v) is 3.59. The molecular formula is C27H30N2O4. The zero-order valence-corrected chi connectivity index (χ0v) is 18.7. The highest BCUT2D eigenvalue weighted by atomic mass is 16.5. The van der Waals surface area contributed by atoms with Gasteiger partial charge in [0.1, 0.15) is 24.7 Å². The topological polar surface area (TPSA) is 60.0 Å². The first kappa shape index (κ1) is 22.8. The Morgan fingerprint density at radius 2 is 1.61 bits per heavy atom. The van der Waals surface area contributed by atoms with E-state index in [0.29, 0.717) is 25.3 Å². The van der Waals surface area contributed by atoms with Crippen LogP contribution in [0.15, 0.2) is 78.9 Å². The first-order valence-electron chi connectivity index (χ1n) is 11.3. The maximum atomic E-state index is 12.5. The Bertz CT molecular complexity index is 1000. The molecule has 1 aliphatic rings. The predicted molar refractivity (Wildman–Crippen MR) is 128 cm³/mol. The molecule has 3 aromatic rings. The second-order valence-electron chi connectivity index (χ2n) is 7.93. The lowest BCUT2D eigenvalue weighted by atomic mass is 10.2. The van der Waals surface area contributed by atoms with Crippen molar-refractivity contribution in [2.75, 3.05) is 39.5 Å². The number of nitrogens with zero attached hydrogens (tertiary/aromatic N) is 1. The van der Waals surface area contributed by atoms with Gasteiger partial charge in [-0.05, 0) is 47.5 Å². The van der Waals surface area contributed by atoms with E-state index in [1.54, 1.807) is 12.1 Å². The smallest absolute Gasteiger partial charge is 0.251 e. The Balaban J connectivity index is 1.21. The number of nitrogens with one attached hydrogen (secondary N) is 1. The average Bonchev–Trinajstić information content (AvgIpc) is 2.88. The van der Waals surface area contributed by atoms with Crippen LogP contribution in [0.3, 0.4) is 0 Å². The van der Waals surface area contributed by atoms with E-state index >= 15 is 0 Å². The molecule has 1 heterocycles. The maximum absolute atomic E-state index is 12.5. The summed E-state index contributed by atoms with van der Waals surface area (Å²) in [5.41, 5.74) is 2.70. The van der Waals surface area contributed by atoms with Gasteiger partial charge in [0.25, 0.3) is 5.91 Å². The predicted octanol–water partition coefficient (Wildman–Crippen LogP) is 3.91. The van der Waals surface area contributed by atoms with Crippen molar-refractivity contribution in [3.05, 3.63) is 95.6 Å². The molecule has 0 aliphatic carbocycles. The third-order valence-electron chi connectivity index (χ3n) is 5.50. The van der Waals surface area contributed by atoms with Crippen LogP contribution in [0.25, 0.3) is 0 Å². The Morgan fingerprint density at radius 3 is 2.39 bits per heavy atom. The van der Waals surface area contributed by atoms with Crippen LogP contribution in [0.1, 0.15) is 21.5 Å². The lowest BCUT2D eigenvalue weighted by Gasteiger charge is -2.26. The van der Waals surface area contributed by atoms with E-state index in [2.05, 4.69) is 10.2 Å². The summed E-state index contributed by atoms with van der Waals surface area (Å²) in [6, 6.07) is 25.0. The number of rotatable bonds is 10. The number of carbonyl (C=O) groups is 1. The van der Waals surface area contributed by atoms with Crippen molar-refractivity contribution < 1.29 is 19.0 Å². The van der Waals surface area contributed by atoms with E-state index in [0.717, 1.165) is 55.5 Å². The van der Waals surface area contributed by atoms with Crippen molar-refractivity contribution in [3.63, 3.8) is 0 Å². The largest absolute Gasteiger partial charge is 0.492 e. The summed E-state index contributed by atoms with van der Waals surface area (Å²) in [6.07, 6.45) is 0. The fourth-order valence-electron chi connectivity index (χ4n) is 3.59. The number of hydrogen-bond acceptors (Lipinski definition) is 5. The minimum Gasteiger partial charge on any atom is -0.492 e. The van der Waals surface area contributed by atoms with Gasteiger partial charge in [-0.15, -0.1) is 0 Å². The quantitative estimate of drug-likeness (QED) is 0.512. The SMILES string of the molecule is O=C(NCc1cccc(OCCN2CCOCC2)c1)c1ccc(OCc2ccccc2)cc1. The number of amides is 1. The molecule has 1 N–H and O–H groups in total. The number of carbonyl (C=O) groups excluding carboxylic acids is 1. The first-order chi connectivity index (χ1) is 16.3. The van der Waals surface area contributed by atoms with Gasteiger partial charge in [-0.1, -0.05) is 42.5 Å². The molecule has 0 radical (unpaired) electrons. The van der Waals surface area contributed by atoms with Crippen molar-refractivity contribution in [1.82, 2.24) is 10.2 Å². The Kier molecular flexibility index (Phi) is 8.33. The van der Waals surface area contributed by atoms with Crippen LogP contribution < -0.4 is 14.8 Å². The molecule has 1 fully saturated rings. The van der Waals surface area contributed by atoms with E-state index in [4.69, 9.17) is 14.2 Å². The summed E-state index contributed by atoms with van der Waals surface area (Å²) in [6.45, 7) is 5.94. The molecule has 0 aromatic heterocycles. The summed E-state index contributed by atoms with van der Waals surface area (Å²) in [7, 11) is 0. The summed E-state index contributed by atoms with van der Waals surface area (Å²) in [5.74, 6) is 1.43. The van der Waals surface area contributed by atoms with Crippen molar-refractivity contribution in [2.45, 2.75) is 13.2 Å². The minimum atomic E-state index is -0.122. The van der Waals surface area contributed by atoms with Crippen LogP contribution in [0.2, 0.25) is 0 Å². The molecule has 1 amide bonds. The lowest BCUT2D eigenvalue weighted by molar-refractivity contribution is 0.0322. The summed E-state index contributed by atoms with van der Waals surface area (Å²) >= 11 is 0. The van der Waals surface area contributed by atoms with E-state index in [1.165, 1.54) is 0 Å². The molecule has 172 valence electrons. The number of hydrogen-bond donors (Lipinski definition) is 1. The number of morpholine rings is 1. The number of ether oxygens (including phenoxy) is 3. The number of benzene rings is 3. The molecule has 0 bridgehead atoms. The molecule has 1 aliphatic heterocycles. The van der Waals surface area contributed by atoms with Crippen molar-refractivity contribution in [3.8, 4) is 11.5 Å². The van der Waals surface area contributed by atoms with Gasteiger partial charge < -0.3 is 19.5 Å². The molecule has 6 nitrogen and oxygen atoms in total. The van der Waals surface area contributed by atoms with Gasteiger partial charge in [-0.25, -0.2) is 0 Å². The van der Waals surface area contributed by atoms with Crippen LogP contribution in [0.4, 0.5) is 0 Å². The average molecular weight is 447 g/mol. The maximum Gasteiger partial charge on any atom is 0.251 e. The Labute approximate surface area is 195 Å². The van der Waals surface area contributed by atoms with Crippen LogP contribution in [0, 0.1) is 0 Å². The van der Waals surface area contributed by atoms with Crippen LogP contribution >= 0.6 is 0 Å². The Morgan fingerprint density at radius 1 is 0.848 bits per heavy atom. The van der Waals surface area contributed by atoms with Gasteiger partial charge in [-0.2, -0.15) is 0 Å². The highest BCUT2D eigenvalue weighted by molar-refractivity contribution is 5.94. The Hall–Kier alpha value is -3.35. The zero-order chi connectivity index (χ0) is 22.7. The zero-order valence-electron chi connectivity index (χ0n) is 18.7. The molecule has 0 atom stereocenters. The second-order valence-corrected chi connectivity index (χ2v) is 7.93. The molecule has 1 saturated heterocycles. The molecule has 33 heavy (non-hydrogen) atoms. The van der Waals surface area contributed by atoms with E-state index in [1.807, 2.05) is 66.7 Å². The molecule has 0 spiro atoms. The normalized spacial score (nSPS) is 13.9. The highest BCUT2D eigenvalue weighted by Crippen LogP contribution is 2.16. The highest BCUT2D eigenvalue weighted by Gasteiger charge is 2.10. The van der Waals surface area contributed by atoms with E-state index in [9.17, 15) is 4.79 Å². The lowest BCUT2D eigenvalue weighted by Crippen LogP contribution is -2.38. The van der Waals surface area contributed by atoms with Gasteiger partial charge in [-0.3, -0.25) is 9.69 Å². The third-order valence-corrected chi connectivity index (χ3v) is 5.50. The standard InChI is InChI=1S/C27H30N2O4/c30-27(24-9-11-25(12-10-24)33-21-22-5-2-1-3-6-22)28-20-23-7-4-8-26(19-23)32-18-15-29-13-16-31-17-14-29/h1-12,19H,13-18,20-21H2,(H,28,30). The molecule has 4 rings (SSSR count). The molecule has 6 heteroatoms. The molecule has 0 saturated carbocycles. The summed E-state index contributed by atoms with van der Waals surface area (Å²) in [5, 5.41) is 2.97. The van der Waals surface area contributed by atoms with Crippen molar-refractivity contribution >= 4 is 5.91 Å². The monoisotopic (exact) mass is 446 g/mol. The van der Waals surface area contributed by atoms with Gasteiger partial charge >= 0.3 is 0 Å². The summed E-state index contributed by atoms with van der Waals surface area (Å²) in [4.78, 5) is 14.9. The van der Waals surface area contributed by atoms with Gasteiger partial charge in [0.05, 0.1) is 13.2 Å². The van der Waals surface area contributed by atoms with Gasteiger partial charge in [0.2, 0.25) is 0 Å². The van der Waals surface area contributed by atoms with Gasteiger partial charge in [0.15, 0.2) is 0 Å². The van der Waals surface area contributed by atoms with Crippen LogP contribution in [-0.4, -0.2) is 50.3 Å². The minimum absolute atomic E-state index is 0.122. The van der Waals surface area contributed by atoms with Crippen molar-refractivity contribution in [2.24, 2.45) is 0 Å². The van der Waals surface area contributed by atoms with Crippen LogP contribution in [-0.2, 0) is 17.9 Å². The summed E-state index contributed by atoms with van der Waals surface area (Å²) < 4.78 is 17.1. The van der Waals surface area contributed by atoms with Crippen LogP contribution in [0.5, 0.6) is 11.5 Å². The van der Waals surface area contributed by atoms with Crippen molar-refractivity contribution in [1.29, 1.82) is 0 Å². The fraction of sp³-hybridized carbons (Fsp3) is 0.296. The molecule has 3 aromatic carbocycles. The van der Waals surface area contributed by atoms with Gasteiger partial charge in [0, 0.05) is 31.7 Å².